The molecule has 0 amide bonds. The summed E-state index contributed by atoms with van der Waals surface area (Å²) in [6.07, 6.45) is -4.60. The predicted molar refractivity (Wildman–Crippen MR) is 134 cm³/mol. The lowest BCUT2D eigenvalue weighted by Crippen LogP contribution is -2.23. The first kappa shape index (κ1) is 26.2. The molecule has 1 N–H and O–H groups in total. The topological polar surface area (TPSA) is 93.8 Å². The maximum atomic E-state index is 13.3. The Morgan fingerprint density at radius 1 is 1.11 bits per heavy atom. The Hall–Kier alpha value is -3.89. The van der Waals surface area contributed by atoms with Gasteiger partial charge in [-0.3, -0.25) is 4.79 Å². The molecule has 4 aromatic rings. The Bertz CT molecular complexity index is 1580. The number of para-hydroxylation sites is 1. The van der Waals surface area contributed by atoms with Gasteiger partial charge in [-0.15, -0.1) is 0 Å². The van der Waals surface area contributed by atoms with Gasteiger partial charge in [0, 0.05) is 5.56 Å². The van der Waals surface area contributed by atoms with Crippen molar-refractivity contribution in [1.82, 2.24) is 9.66 Å². The molecule has 12 heteroatoms. The molecular formula is C25H16Cl2F3N3O4. The van der Waals surface area contributed by atoms with Crippen LogP contribution >= 0.6 is 23.2 Å². The van der Waals surface area contributed by atoms with E-state index in [-0.39, 0.29) is 38.1 Å². The van der Waals surface area contributed by atoms with E-state index in [1.54, 1.807) is 18.2 Å². The fraction of sp³-hybridized carbons (Fsp3) is 0.120. The van der Waals surface area contributed by atoms with Crippen molar-refractivity contribution in [3.63, 3.8) is 0 Å². The van der Waals surface area contributed by atoms with Crippen LogP contribution in [0.15, 0.2) is 70.6 Å². The minimum Gasteiger partial charge on any atom is -0.479 e. The van der Waals surface area contributed by atoms with E-state index < -0.39 is 29.4 Å². The minimum absolute atomic E-state index is 0.0101. The van der Waals surface area contributed by atoms with Crippen molar-refractivity contribution in [2.75, 3.05) is 0 Å². The smallest absolute Gasteiger partial charge is 0.416 e. The van der Waals surface area contributed by atoms with Crippen LogP contribution < -0.4 is 10.3 Å². The first-order valence-electron chi connectivity index (χ1n) is 10.6. The van der Waals surface area contributed by atoms with Gasteiger partial charge < -0.3 is 9.84 Å². The minimum atomic E-state index is -4.60. The van der Waals surface area contributed by atoms with Crippen LogP contribution in [0.3, 0.4) is 0 Å². The Labute approximate surface area is 217 Å². The molecule has 0 spiro atoms. The number of carboxylic acid groups (broad SMARTS) is 1. The number of hydrogen-bond donors (Lipinski definition) is 1. The summed E-state index contributed by atoms with van der Waals surface area (Å²) in [5.74, 6) is -1.38. The highest BCUT2D eigenvalue weighted by molar-refractivity contribution is 6.37. The number of benzene rings is 3. The molecule has 0 bridgehead atoms. The monoisotopic (exact) mass is 549 g/mol. The zero-order chi connectivity index (χ0) is 26.9. The van der Waals surface area contributed by atoms with Crippen LogP contribution in [0.1, 0.15) is 18.1 Å². The summed E-state index contributed by atoms with van der Waals surface area (Å²) in [4.78, 5) is 28.7. The molecule has 0 fully saturated rings. The largest absolute Gasteiger partial charge is 0.479 e. The molecule has 0 aliphatic heterocycles. The summed E-state index contributed by atoms with van der Waals surface area (Å²) in [5, 5.41) is 13.4. The third-order valence-electron chi connectivity index (χ3n) is 5.19. The fourth-order valence-corrected chi connectivity index (χ4v) is 3.96. The molecule has 1 atom stereocenters. The molecule has 0 saturated heterocycles. The lowest BCUT2D eigenvalue weighted by atomic mass is 10.1. The average Bonchev–Trinajstić information content (AvgIpc) is 2.85. The van der Waals surface area contributed by atoms with Gasteiger partial charge in [0.05, 0.1) is 32.7 Å². The van der Waals surface area contributed by atoms with Crippen molar-refractivity contribution < 1.29 is 27.8 Å². The maximum absolute atomic E-state index is 13.3. The van der Waals surface area contributed by atoms with Crippen molar-refractivity contribution in [3.8, 4) is 17.1 Å². The summed E-state index contributed by atoms with van der Waals surface area (Å²) in [6.45, 7) is 1.30. The number of halogens is 5. The van der Waals surface area contributed by atoms with Gasteiger partial charge in [-0.05, 0) is 48.9 Å². The van der Waals surface area contributed by atoms with Gasteiger partial charge in [-0.2, -0.15) is 22.9 Å². The van der Waals surface area contributed by atoms with Crippen LogP contribution in [0.2, 0.25) is 10.0 Å². The second-order valence-electron chi connectivity index (χ2n) is 7.80. The lowest BCUT2D eigenvalue weighted by molar-refractivity contribution is -0.144. The van der Waals surface area contributed by atoms with Crippen LogP contribution in [-0.4, -0.2) is 33.1 Å². The number of carbonyl (C=O) groups is 1. The van der Waals surface area contributed by atoms with E-state index in [0.717, 1.165) is 16.8 Å². The highest BCUT2D eigenvalue weighted by Gasteiger charge is 2.31. The van der Waals surface area contributed by atoms with Crippen molar-refractivity contribution in [2.45, 2.75) is 19.2 Å². The number of alkyl halides is 3. The number of hydrogen-bond acceptors (Lipinski definition) is 5. The number of aliphatic carboxylic acids is 1. The van der Waals surface area contributed by atoms with Gasteiger partial charge in [-0.25, -0.2) is 9.78 Å². The molecule has 0 aliphatic carbocycles. The number of fused-ring (bicyclic) bond motifs is 1. The first-order chi connectivity index (χ1) is 17.5. The molecule has 190 valence electrons. The molecule has 37 heavy (non-hydrogen) atoms. The number of ether oxygens (including phenoxy) is 1. The van der Waals surface area contributed by atoms with Gasteiger partial charge >= 0.3 is 12.1 Å². The second kappa shape index (κ2) is 10.2. The van der Waals surface area contributed by atoms with Crippen LogP contribution in [0, 0.1) is 0 Å². The van der Waals surface area contributed by atoms with Crippen LogP contribution in [0.5, 0.6) is 5.75 Å². The highest BCUT2D eigenvalue weighted by Crippen LogP contribution is 2.35. The van der Waals surface area contributed by atoms with Crippen LogP contribution in [-0.2, 0) is 11.0 Å². The average molecular weight is 550 g/mol. The molecular weight excluding hydrogens is 534 g/mol. The van der Waals surface area contributed by atoms with E-state index in [9.17, 15) is 22.8 Å². The quantitative estimate of drug-likeness (QED) is 0.292. The van der Waals surface area contributed by atoms with Gasteiger partial charge in [0.1, 0.15) is 0 Å². The van der Waals surface area contributed by atoms with Crippen molar-refractivity contribution >= 4 is 46.3 Å². The van der Waals surface area contributed by atoms with Gasteiger partial charge in [0.15, 0.2) is 17.7 Å². The fourth-order valence-electron chi connectivity index (χ4n) is 3.37. The lowest BCUT2D eigenvalue weighted by Gasteiger charge is -2.14. The van der Waals surface area contributed by atoms with Crippen molar-refractivity contribution in [2.24, 2.45) is 5.10 Å². The van der Waals surface area contributed by atoms with Crippen molar-refractivity contribution in [1.29, 1.82) is 0 Å². The van der Waals surface area contributed by atoms with E-state index in [4.69, 9.17) is 33.0 Å². The second-order valence-corrected chi connectivity index (χ2v) is 8.62. The SMILES string of the molecule is C[C@@H](Oc1c(Cl)cc(C=Nn2c(-c3cccc(C(F)(F)F)c3)nc3ccccc3c2=O)cc1Cl)C(=O)O. The zero-order valence-electron chi connectivity index (χ0n) is 18.8. The molecule has 7 nitrogen and oxygen atoms in total. The Kier molecular flexibility index (Phi) is 7.24. The third kappa shape index (κ3) is 5.60. The number of nitrogens with zero attached hydrogens (tertiary/aromatic N) is 3. The number of aromatic nitrogens is 2. The molecule has 1 aromatic heterocycles. The van der Waals surface area contributed by atoms with Crippen LogP contribution in [0.4, 0.5) is 13.2 Å². The summed E-state index contributed by atoms with van der Waals surface area (Å²) >= 11 is 12.4. The van der Waals surface area contributed by atoms with E-state index in [0.29, 0.717) is 5.56 Å². The maximum Gasteiger partial charge on any atom is 0.416 e. The summed E-state index contributed by atoms with van der Waals surface area (Å²) in [5.41, 5.74) is -0.904. The van der Waals surface area contributed by atoms with Gasteiger partial charge in [0.2, 0.25) is 0 Å². The Morgan fingerprint density at radius 2 is 1.78 bits per heavy atom. The Morgan fingerprint density at radius 3 is 2.43 bits per heavy atom. The first-order valence-corrected chi connectivity index (χ1v) is 11.3. The molecule has 3 aromatic carbocycles. The van der Waals surface area contributed by atoms with Crippen molar-refractivity contribution in [3.05, 3.63) is 92.2 Å². The highest BCUT2D eigenvalue weighted by atomic mass is 35.5. The zero-order valence-corrected chi connectivity index (χ0v) is 20.3. The molecule has 0 aliphatic rings. The predicted octanol–water partition coefficient (Wildman–Crippen LogP) is 6.12. The van der Waals surface area contributed by atoms with E-state index in [1.807, 2.05) is 0 Å². The number of rotatable bonds is 6. The molecule has 0 radical (unpaired) electrons. The van der Waals surface area contributed by atoms with E-state index >= 15 is 0 Å². The number of carboxylic acids is 1. The standard InChI is InChI=1S/C25H16Cl2F3N3O4/c1-13(24(35)36)37-21-18(26)9-14(10-19(21)27)12-31-33-22(15-5-4-6-16(11-15)25(28,29)30)32-20-8-3-2-7-17(20)23(33)34/h2-13H,1H3,(H,35,36)/t13-/m1/s1. The molecule has 0 saturated carbocycles. The van der Waals surface area contributed by atoms with Gasteiger partial charge in [0.25, 0.3) is 5.56 Å². The van der Waals surface area contributed by atoms with E-state index in [2.05, 4.69) is 10.1 Å². The van der Waals surface area contributed by atoms with E-state index in [1.165, 1.54) is 43.5 Å². The normalized spacial score (nSPS) is 12.7. The summed E-state index contributed by atoms with van der Waals surface area (Å²) in [6, 6.07) is 13.5. The summed E-state index contributed by atoms with van der Waals surface area (Å²) < 4.78 is 46.2. The molecule has 1 heterocycles. The summed E-state index contributed by atoms with van der Waals surface area (Å²) in [7, 11) is 0. The molecule has 4 rings (SSSR count). The third-order valence-corrected chi connectivity index (χ3v) is 5.75. The van der Waals surface area contributed by atoms with Gasteiger partial charge in [-0.1, -0.05) is 47.5 Å². The molecule has 0 unspecified atom stereocenters. The Balaban J connectivity index is 1.83. The van der Waals surface area contributed by atoms with Crippen LogP contribution in [0.25, 0.3) is 22.3 Å².